The number of halogens is 1. The van der Waals surface area contributed by atoms with E-state index in [-0.39, 0.29) is 35.4 Å². The van der Waals surface area contributed by atoms with Crippen molar-refractivity contribution in [2.45, 2.75) is 44.7 Å². The van der Waals surface area contributed by atoms with Gasteiger partial charge in [-0.25, -0.2) is 9.37 Å². The smallest absolute Gasteiger partial charge is 0.243 e. The number of oxazole rings is 1. The predicted molar refractivity (Wildman–Crippen MR) is 99.6 cm³/mol. The molecule has 1 saturated heterocycles. The summed E-state index contributed by atoms with van der Waals surface area (Å²) in [6.45, 7) is 4.44. The number of amides is 2. The van der Waals surface area contributed by atoms with E-state index in [9.17, 15) is 14.0 Å². The van der Waals surface area contributed by atoms with Gasteiger partial charge in [0.05, 0.1) is 6.20 Å². The van der Waals surface area contributed by atoms with Crippen LogP contribution in [-0.4, -0.2) is 34.3 Å². The fraction of sp³-hybridized carbons (Fsp3) is 0.476. The van der Waals surface area contributed by atoms with Crippen molar-refractivity contribution in [2.75, 3.05) is 6.54 Å². The molecule has 1 aliphatic carbocycles. The molecule has 4 rings (SSSR count). The lowest BCUT2D eigenvalue weighted by molar-refractivity contribution is -0.146. The second-order valence-corrected chi connectivity index (χ2v) is 8.10. The van der Waals surface area contributed by atoms with E-state index in [0.29, 0.717) is 18.7 Å². The summed E-state index contributed by atoms with van der Waals surface area (Å²) < 4.78 is 18.5. The first-order valence-corrected chi connectivity index (χ1v) is 9.68. The Morgan fingerprint density at radius 2 is 2.11 bits per heavy atom. The van der Waals surface area contributed by atoms with Crippen LogP contribution in [0.2, 0.25) is 0 Å². The molecule has 2 aliphatic rings. The van der Waals surface area contributed by atoms with E-state index in [1.54, 1.807) is 23.2 Å². The van der Waals surface area contributed by atoms with E-state index in [2.05, 4.69) is 10.3 Å². The maximum Gasteiger partial charge on any atom is 0.243 e. The number of nitrogens with zero attached hydrogens (tertiary/aromatic N) is 2. The molecule has 2 fully saturated rings. The highest BCUT2D eigenvalue weighted by Crippen LogP contribution is 2.49. The molecular weight excluding hydrogens is 361 g/mol. The zero-order valence-electron chi connectivity index (χ0n) is 16.0. The van der Waals surface area contributed by atoms with Crippen molar-refractivity contribution in [3.63, 3.8) is 0 Å². The van der Waals surface area contributed by atoms with Gasteiger partial charge in [0.25, 0.3) is 0 Å². The number of carbonyl (C=O) groups is 2. The standard InChI is InChI=1S/C21H24FN3O3/c1-12(2)7-18-20(26)24-17(19-9-23-11-28-19)10-25(18)21(27)16-8-15(16)13-3-5-14(22)6-4-13/h3-6,9,11-12,15-18H,7-8,10H2,1-2H3,(H,24,26)/t15-,16+,17+,18-/m0/s1. The summed E-state index contributed by atoms with van der Waals surface area (Å²) >= 11 is 0. The molecule has 2 aromatic rings. The van der Waals surface area contributed by atoms with Gasteiger partial charge in [-0.3, -0.25) is 9.59 Å². The van der Waals surface area contributed by atoms with Gasteiger partial charge in [0.1, 0.15) is 23.7 Å². The van der Waals surface area contributed by atoms with Crippen molar-refractivity contribution in [3.8, 4) is 0 Å². The third-order valence-corrected chi connectivity index (χ3v) is 5.55. The zero-order chi connectivity index (χ0) is 19.8. The Morgan fingerprint density at radius 1 is 1.36 bits per heavy atom. The van der Waals surface area contributed by atoms with E-state index in [4.69, 9.17) is 4.42 Å². The minimum Gasteiger partial charge on any atom is -0.446 e. The molecule has 7 heteroatoms. The van der Waals surface area contributed by atoms with Crippen LogP contribution in [0.4, 0.5) is 4.39 Å². The zero-order valence-corrected chi connectivity index (χ0v) is 16.0. The molecule has 2 amide bonds. The van der Waals surface area contributed by atoms with Crippen LogP contribution in [0.15, 0.2) is 41.3 Å². The first kappa shape index (κ1) is 18.7. The van der Waals surface area contributed by atoms with Gasteiger partial charge in [-0.05, 0) is 42.4 Å². The first-order valence-electron chi connectivity index (χ1n) is 9.68. The SMILES string of the molecule is CC(C)C[C@H]1C(=O)N[C@@H](c2cnco2)CN1C(=O)[C@@H]1C[C@H]1c1ccc(F)cc1. The summed E-state index contributed by atoms with van der Waals surface area (Å²) in [5.41, 5.74) is 0.966. The van der Waals surface area contributed by atoms with Crippen LogP contribution in [0.25, 0.3) is 0 Å². The molecule has 28 heavy (non-hydrogen) atoms. The highest BCUT2D eigenvalue weighted by atomic mass is 19.1. The summed E-state index contributed by atoms with van der Waals surface area (Å²) in [6, 6.07) is 5.43. The molecule has 148 valence electrons. The fourth-order valence-electron chi connectivity index (χ4n) is 4.02. The molecule has 1 aromatic carbocycles. The third-order valence-electron chi connectivity index (χ3n) is 5.55. The molecule has 1 saturated carbocycles. The van der Waals surface area contributed by atoms with Crippen molar-refractivity contribution in [3.05, 3.63) is 54.0 Å². The Balaban J connectivity index is 1.53. The summed E-state index contributed by atoms with van der Waals surface area (Å²) in [7, 11) is 0. The number of rotatable bonds is 5. The summed E-state index contributed by atoms with van der Waals surface area (Å²) in [6.07, 6.45) is 4.22. The molecule has 0 unspecified atom stereocenters. The van der Waals surface area contributed by atoms with E-state index in [1.165, 1.54) is 18.5 Å². The molecule has 0 radical (unpaired) electrons. The number of piperazine rings is 1. The van der Waals surface area contributed by atoms with Crippen molar-refractivity contribution >= 4 is 11.8 Å². The van der Waals surface area contributed by atoms with Crippen LogP contribution in [0.5, 0.6) is 0 Å². The van der Waals surface area contributed by atoms with Gasteiger partial charge in [-0.15, -0.1) is 0 Å². The molecule has 0 bridgehead atoms. The van der Waals surface area contributed by atoms with Crippen molar-refractivity contribution in [2.24, 2.45) is 11.8 Å². The summed E-state index contributed by atoms with van der Waals surface area (Å²) in [5, 5.41) is 2.96. The maximum atomic E-state index is 13.3. The Kier molecular flexibility index (Phi) is 4.91. The number of hydrogen-bond acceptors (Lipinski definition) is 4. The van der Waals surface area contributed by atoms with Crippen LogP contribution in [-0.2, 0) is 9.59 Å². The molecule has 0 spiro atoms. The van der Waals surface area contributed by atoms with E-state index in [0.717, 1.165) is 12.0 Å². The number of benzene rings is 1. The highest BCUT2D eigenvalue weighted by Gasteiger charge is 2.49. The lowest BCUT2D eigenvalue weighted by Gasteiger charge is -2.39. The van der Waals surface area contributed by atoms with Crippen molar-refractivity contribution in [1.82, 2.24) is 15.2 Å². The summed E-state index contributed by atoms with van der Waals surface area (Å²) in [4.78, 5) is 31.7. The summed E-state index contributed by atoms with van der Waals surface area (Å²) in [5.74, 6) is 0.280. The molecule has 6 nitrogen and oxygen atoms in total. The van der Waals surface area contributed by atoms with E-state index < -0.39 is 12.1 Å². The highest BCUT2D eigenvalue weighted by molar-refractivity contribution is 5.91. The van der Waals surface area contributed by atoms with Gasteiger partial charge < -0.3 is 14.6 Å². The Bertz CT molecular complexity index is 850. The molecule has 4 atom stereocenters. The normalized spacial score (nSPS) is 27.0. The molecule has 1 aliphatic heterocycles. The van der Waals surface area contributed by atoms with Gasteiger partial charge in [0.2, 0.25) is 11.8 Å². The number of hydrogen-bond donors (Lipinski definition) is 1. The molecule has 1 N–H and O–H groups in total. The predicted octanol–water partition coefficient (Wildman–Crippen LogP) is 3.03. The maximum absolute atomic E-state index is 13.3. The number of carbonyl (C=O) groups excluding carboxylic acids is 2. The largest absolute Gasteiger partial charge is 0.446 e. The van der Waals surface area contributed by atoms with Crippen LogP contribution in [0, 0.1) is 17.7 Å². The van der Waals surface area contributed by atoms with E-state index in [1.807, 2.05) is 13.8 Å². The van der Waals surface area contributed by atoms with Gasteiger partial charge in [-0.2, -0.15) is 0 Å². The number of nitrogens with one attached hydrogen (secondary N) is 1. The van der Waals surface area contributed by atoms with Gasteiger partial charge in [0, 0.05) is 12.5 Å². The molecule has 2 heterocycles. The second kappa shape index (κ2) is 7.37. The Hall–Kier alpha value is -2.70. The lowest BCUT2D eigenvalue weighted by atomic mass is 9.96. The Morgan fingerprint density at radius 3 is 2.75 bits per heavy atom. The second-order valence-electron chi connectivity index (χ2n) is 8.10. The van der Waals surface area contributed by atoms with Gasteiger partial charge >= 0.3 is 0 Å². The fourth-order valence-corrected chi connectivity index (χ4v) is 4.02. The topological polar surface area (TPSA) is 75.4 Å². The quantitative estimate of drug-likeness (QED) is 0.858. The van der Waals surface area contributed by atoms with E-state index >= 15 is 0 Å². The minimum absolute atomic E-state index is 0.0145. The molecule has 1 aromatic heterocycles. The minimum atomic E-state index is -0.485. The van der Waals surface area contributed by atoms with Crippen LogP contribution >= 0.6 is 0 Å². The monoisotopic (exact) mass is 385 g/mol. The third kappa shape index (κ3) is 3.66. The van der Waals surface area contributed by atoms with Gasteiger partial charge in [0.15, 0.2) is 6.39 Å². The average Bonchev–Trinajstić information content (AvgIpc) is 3.26. The van der Waals surface area contributed by atoms with Gasteiger partial charge in [-0.1, -0.05) is 26.0 Å². The van der Waals surface area contributed by atoms with Crippen LogP contribution < -0.4 is 5.32 Å². The average molecular weight is 385 g/mol. The number of aromatic nitrogens is 1. The van der Waals surface area contributed by atoms with Crippen LogP contribution in [0.3, 0.4) is 0 Å². The first-order chi connectivity index (χ1) is 13.4. The van der Waals surface area contributed by atoms with Crippen molar-refractivity contribution in [1.29, 1.82) is 0 Å². The van der Waals surface area contributed by atoms with Crippen molar-refractivity contribution < 1.29 is 18.4 Å². The van der Waals surface area contributed by atoms with Crippen LogP contribution in [0.1, 0.15) is 50.0 Å². The Labute approximate surface area is 163 Å². The lowest BCUT2D eigenvalue weighted by Crippen LogP contribution is -2.59. The molecular formula is C21H24FN3O3.